The molecule has 38 heavy (non-hydrogen) atoms. The van der Waals surface area contributed by atoms with Crippen molar-refractivity contribution < 1.29 is 27.9 Å². The van der Waals surface area contributed by atoms with Crippen LogP contribution >= 0.6 is 0 Å². The number of amides is 3. The molecule has 0 saturated carbocycles. The Bertz CT molecular complexity index is 1310. The molecule has 0 bridgehead atoms. The van der Waals surface area contributed by atoms with Crippen molar-refractivity contribution >= 4 is 17.7 Å². The number of likely N-dealkylation sites (tertiary alicyclic amines) is 1. The fourth-order valence-corrected chi connectivity index (χ4v) is 3.94. The molecule has 3 aromatic rings. The van der Waals surface area contributed by atoms with Crippen LogP contribution < -0.4 is 15.8 Å². The van der Waals surface area contributed by atoms with Crippen LogP contribution in [0.15, 0.2) is 79.1 Å². The summed E-state index contributed by atoms with van der Waals surface area (Å²) in [6.07, 6.45) is 2.06. The number of nitrogens with one attached hydrogen (secondary N) is 1. The van der Waals surface area contributed by atoms with Crippen molar-refractivity contribution in [3.63, 3.8) is 0 Å². The molecule has 0 radical (unpaired) electrons. The van der Waals surface area contributed by atoms with Gasteiger partial charge in [-0.2, -0.15) is 5.26 Å². The molecule has 3 N–H and O–H groups in total. The first kappa shape index (κ1) is 27.7. The Morgan fingerprint density at radius 1 is 1.05 bits per heavy atom. The number of ether oxygens (including phenoxy) is 1. The number of hydrogen-bond acceptors (Lipinski definition) is 6. The molecule has 1 atom stereocenters. The quantitative estimate of drug-likeness (QED) is 0.512. The van der Waals surface area contributed by atoms with Gasteiger partial charge in [0.15, 0.2) is 5.54 Å². The van der Waals surface area contributed by atoms with Crippen LogP contribution in [0.5, 0.6) is 5.75 Å². The van der Waals surface area contributed by atoms with Crippen molar-refractivity contribution in [2.75, 3.05) is 20.2 Å². The number of benzene rings is 2. The number of carbonyl (C=O) groups is 3. The van der Waals surface area contributed by atoms with E-state index in [9.17, 15) is 28.4 Å². The number of carbonyl (C=O) groups excluding carboxylic acids is 3. The van der Waals surface area contributed by atoms with E-state index in [4.69, 9.17) is 10.5 Å². The van der Waals surface area contributed by atoms with Crippen LogP contribution in [0.25, 0.3) is 0 Å². The lowest BCUT2D eigenvalue weighted by atomic mass is 9.88. The second-order valence-electron chi connectivity index (χ2n) is 8.36. The van der Waals surface area contributed by atoms with Crippen molar-refractivity contribution in [2.45, 2.75) is 17.9 Å². The summed E-state index contributed by atoms with van der Waals surface area (Å²) < 4.78 is 33.2. The summed E-state index contributed by atoms with van der Waals surface area (Å²) in [5.74, 6) is -4.18. The number of hydrogen-bond donors (Lipinski definition) is 2. The van der Waals surface area contributed by atoms with Crippen molar-refractivity contribution in [2.24, 2.45) is 5.73 Å². The number of halogens is 2. The predicted molar refractivity (Wildman–Crippen MR) is 133 cm³/mol. The summed E-state index contributed by atoms with van der Waals surface area (Å²) in [4.78, 5) is 39.9. The van der Waals surface area contributed by atoms with Crippen LogP contribution in [0.4, 0.5) is 8.78 Å². The largest absolute Gasteiger partial charge is 0.497 e. The van der Waals surface area contributed by atoms with Gasteiger partial charge in [-0.05, 0) is 42.0 Å². The summed E-state index contributed by atoms with van der Waals surface area (Å²) >= 11 is 0. The highest BCUT2D eigenvalue weighted by molar-refractivity contribution is 5.96. The van der Waals surface area contributed by atoms with Crippen LogP contribution in [0.3, 0.4) is 0 Å². The van der Waals surface area contributed by atoms with Crippen LogP contribution in [0.1, 0.15) is 32.7 Å². The molecule has 2 aromatic carbocycles. The zero-order valence-corrected chi connectivity index (χ0v) is 20.4. The zero-order valence-electron chi connectivity index (χ0n) is 20.4. The van der Waals surface area contributed by atoms with Gasteiger partial charge in [0.2, 0.25) is 11.8 Å². The van der Waals surface area contributed by atoms with Gasteiger partial charge in [-0.15, -0.1) is 0 Å². The Labute approximate surface area is 217 Å². The highest BCUT2D eigenvalue weighted by Gasteiger charge is 2.58. The molecule has 3 amide bonds. The number of aromatic nitrogens is 1. The highest BCUT2D eigenvalue weighted by Crippen LogP contribution is 2.45. The van der Waals surface area contributed by atoms with Gasteiger partial charge in [-0.25, -0.2) is 8.78 Å². The molecule has 2 heterocycles. The number of nitrogens with two attached hydrogens (primary N) is 1. The molecular formula is C27H25F2N5O4. The molecular weight excluding hydrogens is 496 g/mol. The Morgan fingerprint density at radius 2 is 1.68 bits per heavy atom. The summed E-state index contributed by atoms with van der Waals surface area (Å²) in [5.41, 5.74) is 4.35. The normalized spacial score (nSPS) is 17.4. The first-order valence-corrected chi connectivity index (χ1v) is 11.4. The first-order valence-electron chi connectivity index (χ1n) is 11.4. The standard InChI is InChI=1S/C19H16F2N4O2.C8H9NO2/c20-19(21)11-18(12-22,15-4-2-1-3-5-15)25(13-19)16(26)10-24-17(27)14-6-8-23-9-7-14;1-11-7-4-2-6(3-5-7)8(9)10/h1-9H,10-11,13H2,(H,24,27);2-5H,1H3,(H2,9,10). The zero-order chi connectivity index (χ0) is 27.8. The maximum absolute atomic E-state index is 14.1. The van der Waals surface area contributed by atoms with Crippen LogP contribution in [-0.4, -0.2) is 53.7 Å². The minimum Gasteiger partial charge on any atom is -0.497 e. The van der Waals surface area contributed by atoms with E-state index >= 15 is 0 Å². The lowest BCUT2D eigenvalue weighted by Crippen LogP contribution is -2.48. The van der Waals surface area contributed by atoms with Crippen LogP contribution in [0, 0.1) is 11.3 Å². The predicted octanol–water partition coefficient (Wildman–Crippen LogP) is 2.89. The van der Waals surface area contributed by atoms with E-state index < -0.39 is 48.7 Å². The Balaban J connectivity index is 0.000000304. The number of rotatable bonds is 6. The van der Waals surface area contributed by atoms with E-state index in [1.807, 2.05) is 6.07 Å². The van der Waals surface area contributed by atoms with Gasteiger partial charge in [0.05, 0.1) is 32.7 Å². The number of nitrogens with zero attached hydrogens (tertiary/aromatic N) is 3. The molecule has 196 valence electrons. The molecule has 4 rings (SSSR count). The Hall–Kier alpha value is -4.85. The molecule has 1 unspecified atom stereocenters. The average Bonchev–Trinajstić information content (AvgIpc) is 3.24. The van der Waals surface area contributed by atoms with E-state index in [-0.39, 0.29) is 0 Å². The lowest BCUT2D eigenvalue weighted by molar-refractivity contribution is -0.133. The molecule has 1 aliphatic heterocycles. The number of methoxy groups -OCH3 is 1. The third-order valence-electron chi connectivity index (χ3n) is 5.82. The maximum Gasteiger partial charge on any atom is 0.269 e. The van der Waals surface area contributed by atoms with Gasteiger partial charge in [0.1, 0.15) is 5.75 Å². The minimum absolute atomic E-state index is 0.291. The number of nitriles is 1. The molecule has 11 heteroatoms. The van der Waals surface area contributed by atoms with Gasteiger partial charge in [-0.3, -0.25) is 19.4 Å². The smallest absolute Gasteiger partial charge is 0.269 e. The second kappa shape index (κ2) is 11.9. The van der Waals surface area contributed by atoms with Gasteiger partial charge in [0.25, 0.3) is 11.8 Å². The van der Waals surface area contributed by atoms with E-state index in [0.717, 1.165) is 10.6 Å². The van der Waals surface area contributed by atoms with E-state index in [1.165, 1.54) is 24.5 Å². The molecule has 9 nitrogen and oxygen atoms in total. The average molecular weight is 522 g/mol. The maximum atomic E-state index is 14.1. The summed E-state index contributed by atoms with van der Waals surface area (Å²) in [6.45, 7) is -1.37. The van der Waals surface area contributed by atoms with E-state index in [1.54, 1.807) is 61.7 Å². The minimum atomic E-state index is -3.20. The third kappa shape index (κ3) is 6.47. The second-order valence-corrected chi connectivity index (χ2v) is 8.36. The third-order valence-corrected chi connectivity index (χ3v) is 5.82. The van der Waals surface area contributed by atoms with Gasteiger partial charge in [0, 0.05) is 23.5 Å². The Kier molecular flexibility index (Phi) is 8.70. The highest BCUT2D eigenvalue weighted by atomic mass is 19.3. The van der Waals surface area contributed by atoms with E-state index in [2.05, 4.69) is 10.3 Å². The SMILES string of the molecule is COc1ccc(C(N)=O)cc1.N#CC1(c2ccccc2)CC(F)(F)CN1C(=O)CNC(=O)c1ccncc1. The molecule has 1 fully saturated rings. The van der Waals surface area contributed by atoms with Crippen molar-refractivity contribution in [1.82, 2.24) is 15.2 Å². The van der Waals surface area contributed by atoms with Crippen molar-refractivity contribution in [3.05, 3.63) is 95.8 Å². The van der Waals surface area contributed by atoms with Gasteiger partial charge < -0.3 is 20.7 Å². The first-order chi connectivity index (χ1) is 18.1. The van der Waals surface area contributed by atoms with Gasteiger partial charge in [-0.1, -0.05) is 30.3 Å². The molecule has 0 aliphatic carbocycles. The monoisotopic (exact) mass is 521 g/mol. The van der Waals surface area contributed by atoms with Gasteiger partial charge >= 0.3 is 0 Å². The lowest BCUT2D eigenvalue weighted by Gasteiger charge is -2.32. The number of primary amides is 1. The van der Waals surface area contributed by atoms with Crippen molar-refractivity contribution in [1.29, 1.82) is 5.26 Å². The molecule has 1 aliphatic rings. The van der Waals surface area contributed by atoms with Crippen LogP contribution in [-0.2, 0) is 10.3 Å². The Morgan fingerprint density at radius 3 is 2.24 bits per heavy atom. The van der Waals surface area contributed by atoms with Crippen molar-refractivity contribution in [3.8, 4) is 11.8 Å². The fourth-order valence-electron chi connectivity index (χ4n) is 3.94. The number of alkyl halides is 2. The molecule has 0 spiro atoms. The van der Waals surface area contributed by atoms with E-state index in [0.29, 0.717) is 16.7 Å². The molecule has 1 saturated heterocycles. The number of pyridine rings is 1. The summed E-state index contributed by atoms with van der Waals surface area (Å²) in [5, 5.41) is 12.1. The molecule has 1 aromatic heterocycles. The topological polar surface area (TPSA) is 138 Å². The van der Waals surface area contributed by atoms with Crippen LogP contribution in [0.2, 0.25) is 0 Å². The summed E-state index contributed by atoms with van der Waals surface area (Å²) in [7, 11) is 1.57. The summed E-state index contributed by atoms with van der Waals surface area (Å²) in [6, 6.07) is 19.5. The fraction of sp³-hybridized carbons (Fsp3) is 0.222.